The van der Waals surface area contributed by atoms with Crippen LogP contribution in [0.5, 0.6) is 0 Å². The smallest absolute Gasteiger partial charge is 0.286 e. The molecule has 0 aromatic heterocycles. The first-order chi connectivity index (χ1) is 10.5. The fourth-order valence-electron chi connectivity index (χ4n) is 2.31. The summed E-state index contributed by atoms with van der Waals surface area (Å²) >= 11 is 0. The molecule has 7 heteroatoms. The van der Waals surface area contributed by atoms with E-state index in [1.54, 1.807) is 48.3 Å². The van der Waals surface area contributed by atoms with E-state index in [1.807, 2.05) is 0 Å². The van der Waals surface area contributed by atoms with Crippen molar-refractivity contribution in [2.75, 3.05) is 23.8 Å². The molecule has 1 aliphatic heterocycles. The van der Waals surface area contributed by atoms with Crippen molar-refractivity contribution in [2.24, 2.45) is 4.40 Å². The summed E-state index contributed by atoms with van der Waals surface area (Å²) in [6.45, 7) is 0.147. The predicted molar refractivity (Wildman–Crippen MR) is 84.4 cm³/mol. The molecule has 0 saturated carbocycles. The zero-order valence-electron chi connectivity index (χ0n) is 11.8. The maximum absolute atomic E-state index is 13.8. The summed E-state index contributed by atoms with van der Waals surface area (Å²) in [5, 5.41) is 2.98. The quantitative estimate of drug-likeness (QED) is 0.944. The van der Waals surface area contributed by atoms with Crippen molar-refractivity contribution < 1.29 is 12.8 Å². The highest BCUT2D eigenvalue weighted by atomic mass is 32.2. The molecule has 3 rings (SSSR count). The zero-order valence-corrected chi connectivity index (χ0v) is 12.6. The molecule has 0 amide bonds. The van der Waals surface area contributed by atoms with E-state index in [-0.39, 0.29) is 23.1 Å². The SMILES string of the molecule is CN(CC1=NS(=O)(=O)c2ccccc2N1)c1ccccc1F. The first kappa shape index (κ1) is 14.5. The molecule has 0 saturated heterocycles. The van der Waals surface area contributed by atoms with Crippen LogP contribution in [0, 0.1) is 5.82 Å². The monoisotopic (exact) mass is 319 g/mol. The van der Waals surface area contributed by atoms with E-state index in [9.17, 15) is 12.8 Å². The fourth-order valence-corrected chi connectivity index (χ4v) is 3.45. The predicted octanol–water partition coefficient (Wildman–Crippen LogP) is 2.47. The highest BCUT2D eigenvalue weighted by Crippen LogP contribution is 2.27. The van der Waals surface area contributed by atoms with Crippen molar-refractivity contribution in [3.05, 3.63) is 54.3 Å². The summed E-state index contributed by atoms with van der Waals surface area (Å²) in [6.07, 6.45) is 0. The molecule has 0 fully saturated rings. The molecule has 2 aromatic carbocycles. The number of amidine groups is 1. The van der Waals surface area contributed by atoms with E-state index < -0.39 is 10.0 Å². The number of nitrogens with one attached hydrogen (secondary N) is 1. The summed E-state index contributed by atoms with van der Waals surface area (Å²) in [4.78, 5) is 1.75. The number of likely N-dealkylation sites (N-methyl/N-ethyl adjacent to an activating group) is 1. The van der Waals surface area contributed by atoms with E-state index in [1.165, 1.54) is 12.1 Å². The summed E-state index contributed by atoms with van der Waals surface area (Å²) < 4.78 is 41.8. The summed E-state index contributed by atoms with van der Waals surface area (Å²) in [5.41, 5.74) is 0.859. The van der Waals surface area contributed by atoms with E-state index in [4.69, 9.17) is 0 Å². The van der Waals surface area contributed by atoms with Crippen molar-refractivity contribution in [1.29, 1.82) is 0 Å². The number of rotatable bonds is 3. The normalized spacial score (nSPS) is 15.5. The molecule has 2 aromatic rings. The lowest BCUT2D eigenvalue weighted by Crippen LogP contribution is -2.33. The molecule has 0 radical (unpaired) electrons. The third-order valence-electron chi connectivity index (χ3n) is 3.32. The zero-order chi connectivity index (χ0) is 15.7. The van der Waals surface area contributed by atoms with Gasteiger partial charge in [0.2, 0.25) is 0 Å². The second kappa shape index (κ2) is 5.42. The van der Waals surface area contributed by atoms with Crippen molar-refractivity contribution in [3.8, 4) is 0 Å². The number of benzene rings is 2. The van der Waals surface area contributed by atoms with E-state index in [2.05, 4.69) is 9.71 Å². The molecule has 22 heavy (non-hydrogen) atoms. The van der Waals surface area contributed by atoms with E-state index in [0.717, 1.165) is 0 Å². The second-order valence-corrected chi connectivity index (χ2v) is 6.51. The van der Waals surface area contributed by atoms with Crippen LogP contribution < -0.4 is 10.2 Å². The van der Waals surface area contributed by atoms with Gasteiger partial charge in [0.25, 0.3) is 10.0 Å². The highest BCUT2D eigenvalue weighted by Gasteiger charge is 2.25. The third kappa shape index (κ3) is 2.67. The van der Waals surface area contributed by atoms with Crippen LogP contribution in [0.1, 0.15) is 0 Å². The number of sulfonamides is 1. The van der Waals surface area contributed by atoms with Crippen molar-refractivity contribution in [1.82, 2.24) is 0 Å². The Morgan fingerprint density at radius 1 is 1.14 bits per heavy atom. The van der Waals surface area contributed by atoms with Crippen LogP contribution in [0.15, 0.2) is 57.8 Å². The third-order valence-corrected chi connectivity index (χ3v) is 4.70. The highest BCUT2D eigenvalue weighted by molar-refractivity contribution is 7.90. The molecule has 0 aliphatic carbocycles. The van der Waals surface area contributed by atoms with E-state index in [0.29, 0.717) is 11.4 Å². The van der Waals surface area contributed by atoms with Gasteiger partial charge in [-0.25, -0.2) is 4.39 Å². The number of fused-ring (bicyclic) bond motifs is 1. The summed E-state index contributed by atoms with van der Waals surface area (Å²) in [5.74, 6) is -0.117. The Balaban J connectivity index is 1.89. The molecule has 114 valence electrons. The molecule has 5 nitrogen and oxygen atoms in total. The fraction of sp³-hybridized carbons (Fsp3) is 0.133. The van der Waals surface area contributed by atoms with Gasteiger partial charge in [-0.2, -0.15) is 8.42 Å². The lowest BCUT2D eigenvalue weighted by molar-refractivity contribution is 0.597. The van der Waals surface area contributed by atoms with Crippen LogP contribution >= 0.6 is 0 Å². The van der Waals surface area contributed by atoms with Gasteiger partial charge in [0.05, 0.1) is 17.9 Å². The molecular weight excluding hydrogens is 305 g/mol. The Kier molecular flexibility index (Phi) is 3.58. The van der Waals surface area contributed by atoms with E-state index >= 15 is 0 Å². The molecule has 1 N–H and O–H groups in total. The van der Waals surface area contributed by atoms with Crippen molar-refractivity contribution in [2.45, 2.75) is 4.90 Å². The van der Waals surface area contributed by atoms with Crippen LogP contribution in [0.2, 0.25) is 0 Å². The molecule has 0 spiro atoms. The largest absolute Gasteiger partial charge is 0.365 e. The van der Waals surface area contributed by atoms with Gasteiger partial charge in [-0.05, 0) is 24.3 Å². The van der Waals surface area contributed by atoms with Crippen LogP contribution in [0.25, 0.3) is 0 Å². The van der Waals surface area contributed by atoms with Gasteiger partial charge in [0.15, 0.2) is 0 Å². The van der Waals surface area contributed by atoms with Crippen LogP contribution in [-0.4, -0.2) is 27.8 Å². The van der Waals surface area contributed by atoms with Gasteiger partial charge >= 0.3 is 0 Å². The minimum Gasteiger partial charge on any atom is -0.365 e. The summed E-state index contributed by atoms with van der Waals surface area (Å²) in [7, 11) is -2.05. The average molecular weight is 319 g/mol. The van der Waals surface area contributed by atoms with Gasteiger partial charge in [0.1, 0.15) is 16.5 Å². The maximum atomic E-state index is 13.8. The maximum Gasteiger partial charge on any atom is 0.286 e. The summed E-state index contributed by atoms with van der Waals surface area (Å²) in [6, 6.07) is 12.9. The van der Waals surface area contributed by atoms with Gasteiger partial charge < -0.3 is 10.2 Å². The van der Waals surface area contributed by atoms with Crippen molar-refractivity contribution in [3.63, 3.8) is 0 Å². The first-order valence-electron chi connectivity index (χ1n) is 6.63. The minimum atomic E-state index is -3.72. The first-order valence-corrected chi connectivity index (χ1v) is 8.07. The lowest BCUT2D eigenvalue weighted by atomic mass is 10.2. The number of halogens is 1. The molecular formula is C15H14FN3O2S. The minimum absolute atomic E-state index is 0.146. The Morgan fingerprint density at radius 3 is 2.59 bits per heavy atom. The van der Waals surface area contributed by atoms with Crippen molar-refractivity contribution >= 4 is 27.2 Å². The Morgan fingerprint density at radius 2 is 1.82 bits per heavy atom. The average Bonchev–Trinajstić information content (AvgIpc) is 2.47. The Hall–Kier alpha value is -2.41. The molecule has 1 heterocycles. The van der Waals surface area contributed by atoms with Gasteiger partial charge in [0, 0.05) is 7.05 Å². The number of para-hydroxylation sites is 2. The lowest BCUT2D eigenvalue weighted by Gasteiger charge is -2.24. The molecule has 1 aliphatic rings. The molecule has 0 bridgehead atoms. The van der Waals surface area contributed by atoms with Crippen LogP contribution in [0.3, 0.4) is 0 Å². The Labute approximate surface area is 128 Å². The molecule has 0 atom stereocenters. The van der Waals surface area contributed by atoms with Gasteiger partial charge in [-0.15, -0.1) is 4.40 Å². The number of hydrogen-bond acceptors (Lipinski definition) is 4. The topological polar surface area (TPSA) is 61.8 Å². The van der Waals surface area contributed by atoms with Gasteiger partial charge in [-0.3, -0.25) is 0 Å². The Bertz CT molecular complexity index is 849. The van der Waals surface area contributed by atoms with Gasteiger partial charge in [-0.1, -0.05) is 24.3 Å². The number of hydrogen-bond donors (Lipinski definition) is 1. The molecule has 0 unspecified atom stereocenters. The number of nitrogens with zero attached hydrogens (tertiary/aromatic N) is 2. The number of anilines is 2. The van der Waals surface area contributed by atoms with Crippen LogP contribution in [-0.2, 0) is 10.0 Å². The standard InChI is InChI=1S/C15H14FN3O2S/c1-19(13-8-4-2-6-11(13)16)10-15-17-12-7-3-5-9-14(12)22(20,21)18-15/h2-9H,10H2,1H3,(H,17,18). The second-order valence-electron chi connectivity index (χ2n) is 4.94. The van der Waals surface area contributed by atoms with Crippen LogP contribution in [0.4, 0.5) is 15.8 Å².